The lowest BCUT2D eigenvalue weighted by Crippen LogP contribution is -2.21. The van der Waals surface area contributed by atoms with Crippen LogP contribution in [0.3, 0.4) is 0 Å². The molecule has 1 aliphatic carbocycles. The first-order chi connectivity index (χ1) is 8.27. The molecular formula is C15H20OS. The zero-order valence-corrected chi connectivity index (χ0v) is 11.1. The molecule has 1 aliphatic rings. The summed E-state index contributed by atoms with van der Waals surface area (Å²) < 4.78 is 0. The number of hydrogen-bond donors (Lipinski definition) is 1. The minimum absolute atomic E-state index is 0.242. The first kappa shape index (κ1) is 12.7. The summed E-state index contributed by atoms with van der Waals surface area (Å²) in [6, 6.07) is 10.4. The summed E-state index contributed by atoms with van der Waals surface area (Å²) >= 11 is 1.83. The van der Waals surface area contributed by atoms with E-state index in [4.69, 9.17) is 0 Å². The summed E-state index contributed by atoms with van der Waals surface area (Å²) in [6.07, 6.45) is 5.42. The van der Waals surface area contributed by atoms with Crippen LogP contribution < -0.4 is 0 Å². The van der Waals surface area contributed by atoms with Gasteiger partial charge in [-0.15, -0.1) is 11.8 Å². The molecule has 0 aliphatic heterocycles. The molecule has 0 aromatic heterocycles. The molecule has 0 amide bonds. The molecule has 0 saturated carbocycles. The minimum atomic E-state index is -0.242. The molecule has 17 heavy (non-hydrogen) atoms. The van der Waals surface area contributed by atoms with Gasteiger partial charge >= 0.3 is 0 Å². The van der Waals surface area contributed by atoms with Gasteiger partial charge in [-0.1, -0.05) is 31.2 Å². The second-order valence-corrected chi connectivity index (χ2v) is 5.81. The highest BCUT2D eigenvalue weighted by atomic mass is 32.2. The van der Waals surface area contributed by atoms with E-state index in [1.165, 1.54) is 16.9 Å². The second-order valence-electron chi connectivity index (χ2n) is 4.72. The minimum Gasteiger partial charge on any atom is -0.388 e. The molecule has 1 nitrogen and oxygen atoms in total. The third-order valence-electron chi connectivity index (χ3n) is 3.25. The average molecular weight is 248 g/mol. The molecule has 92 valence electrons. The van der Waals surface area contributed by atoms with Crippen LogP contribution >= 0.6 is 11.8 Å². The van der Waals surface area contributed by atoms with Crippen molar-refractivity contribution in [2.45, 2.75) is 37.2 Å². The Kier molecular flexibility index (Phi) is 4.69. The SMILES string of the molecule is C[C@@H](CSc1ccccc1)[C@H](O)C1=CCCC1. The lowest BCUT2D eigenvalue weighted by atomic mass is 9.99. The van der Waals surface area contributed by atoms with Crippen molar-refractivity contribution in [2.24, 2.45) is 5.92 Å². The monoisotopic (exact) mass is 248 g/mol. The number of thioether (sulfide) groups is 1. The lowest BCUT2D eigenvalue weighted by Gasteiger charge is -2.19. The maximum atomic E-state index is 10.2. The molecule has 2 atom stereocenters. The normalized spacial score (nSPS) is 18.8. The molecule has 0 radical (unpaired) electrons. The Morgan fingerprint density at radius 3 is 2.71 bits per heavy atom. The largest absolute Gasteiger partial charge is 0.388 e. The van der Waals surface area contributed by atoms with E-state index in [0.29, 0.717) is 5.92 Å². The molecule has 0 unspecified atom stereocenters. The van der Waals surface area contributed by atoms with Crippen LogP contribution in [0.4, 0.5) is 0 Å². The standard InChI is InChI=1S/C15H20OS/c1-12(15(16)13-7-5-6-8-13)11-17-14-9-3-2-4-10-14/h2-4,7,9-10,12,15-16H,5-6,8,11H2,1H3/t12-,15-/m0/s1. The van der Waals surface area contributed by atoms with Gasteiger partial charge in [-0.3, -0.25) is 0 Å². The fourth-order valence-electron chi connectivity index (χ4n) is 2.17. The summed E-state index contributed by atoms with van der Waals surface area (Å²) in [5, 5.41) is 10.2. The summed E-state index contributed by atoms with van der Waals surface area (Å²) in [7, 11) is 0. The van der Waals surface area contributed by atoms with Crippen LogP contribution in [0, 0.1) is 5.92 Å². The lowest BCUT2D eigenvalue weighted by molar-refractivity contribution is 0.160. The number of allylic oxidation sites excluding steroid dienone is 1. The maximum Gasteiger partial charge on any atom is 0.0783 e. The van der Waals surface area contributed by atoms with Crippen LogP contribution in [-0.4, -0.2) is 17.0 Å². The van der Waals surface area contributed by atoms with Gasteiger partial charge in [0.15, 0.2) is 0 Å². The predicted molar refractivity (Wildman–Crippen MR) is 74.3 cm³/mol. The Labute approximate surface area is 108 Å². The van der Waals surface area contributed by atoms with Crippen molar-refractivity contribution < 1.29 is 5.11 Å². The number of rotatable bonds is 5. The van der Waals surface area contributed by atoms with Crippen LogP contribution in [0.2, 0.25) is 0 Å². The molecule has 0 saturated heterocycles. The summed E-state index contributed by atoms with van der Waals surface area (Å²) in [6.45, 7) is 2.14. The van der Waals surface area contributed by atoms with E-state index in [1.807, 2.05) is 17.8 Å². The fourth-order valence-corrected chi connectivity index (χ4v) is 3.15. The van der Waals surface area contributed by atoms with Crippen LogP contribution in [-0.2, 0) is 0 Å². The third-order valence-corrected chi connectivity index (χ3v) is 4.55. The first-order valence-electron chi connectivity index (χ1n) is 6.32. The molecule has 1 aromatic rings. The Balaban J connectivity index is 1.82. The predicted octanol–water partition coefficient (Wildman–Crippen LogP) is 3.89. The van der Waals surface area contributed by atoms with Crippen molar-refractivity contribution in [1.29, 1.82) is 0 Å². The van der Waals surface area contributed by atoms with Crippen molar-refractivity contribution in [3.05, 3.63) is 42.0 Å². The summed E-state index contributed by atoms with van der Waals surface area (Å²) in [5.41, 5.74) is 1.26. The van der Waals surface area contributed by atoms with E-state index in [1.54, 1.807) is 0 Å². The molecule has 1 N–H and O–H groups in total. The van der Waals surface area contributed by atoms with E-state index in [9.17, 15) is 5.11 Å². The van der Waals surface area contributed by atoms with Gasteiger partial charge < -0.3 is 5.11 Å². The van der Waals surface area contributed by atoms with Crippen molar-refractivity contribution in [2.75, 3.05) is 5.75 Å². The highest BCUT2D eigenvalue weighted by Crippen LogP contribution is 2.28. The topological polar surface area (TPSA) is 20.2 Å². The van der Waals surface area contributed by atoms with Gasteiger partial charge in [-0.05, 0) is 42.9 Å². The zero-order valence-electron chi connectivity index (χ0n) is 10.3. The zero-order chi connectivity index (χ0) is 12.1. The maximum absolute atomic E-state index is 10.2. The van der Waals surface area contributed by atoms with Gasteiger partial charge in [-0.25, -0.2) is 0 Å². The Bertz CT molecular complexity index is 372. The molecule has 2 rings (SSSR count). The Morgan fingerprint density at radius 2 is 2.06 bits per heavy atom. The Hall–Kier alpha value is -0.730. The van der Waals surface area contributed by atoms with Crippen molar-refractivity contribution in [1.82, 2.24) is 0 Å². The van der Waals surface area contributed by atoms with E-state index < -0.39 is 0 Å². The highest BCUT2D eigenvalue weighted by molar-refractivity contribution is 7.99. The summed E-state index contributed by atoms with van der Waals surface area (Å²) in [4.78, 5) is 1.28. The van der Waals surface area contributed by atoms with Gasteiger partial charge in [0.25, 0.3) is 0 Å². The average Bonchev–Trinajstić information content (AvgIpc) is 2.90. The smallest absolute Gasteiger partial charge is 0.0783 e. The van der Waals surface area contributed by atoms with E-state index in [2.05, 4.69) is 37.3 Å². The number of aliphatic hydroxyl groups excluding tert-OH is 1. The number of aliphatic hydroxyl groups is 1. The summed E-state index contributed by atoms with van der Waals surface area (Å²) in [5.74, 6) is 1.30. The van der Waals surface area contributed by atoms with E-state index in [-0.39, 0.29) is 6.10 Å². The van der Waals surface area contributed by atoms with Gasteiger partial charge in [0.2, 0.25) is 0 Å². The van der Waals surface area contributed by atoms with Crippen molar-refractivity contribution >= 4 is 11.8 Å². The third kappa shape index (κ3) is 3.62. The van der Waals surface area contributed by atoms with Crippen molar-refractivity contribution in [3.63, 3.8) is 0 Å². The van der Waals surface area contributed by atoms with Gasteiger partial charge in [-0.2, -0.15) is 0 Å². The highest BCUT2D eigenvalue weighted by Gasteiger charge is 2.20. The van der Waals surface area contributed by atoms with E-state index >= 15 is 0 Å². The van der Waals surface area contributed by atoms with Crippen LogP contribution in [0.5, 0.6) is 0 Å². The molecule has 0 heterocycles. The molecular weight excluding hydrogens is 228 g/mol. The number of hydrogen-bond acceptors (Lipinski definition) is 2. The van der Waals surface area contributed by atoms with Crippen LogP contribution in [0.15, 0.2) is 46.9 Å². The molecule has 0 spiro atoms. The van der Waals surface area contributed by atoms with Crippen LogP contribution in [0.25, 0.3) is 0 Å². The molecule has 0 bridgehead atoms. The quantitative estimate of drug-likeness (QED) is 0.630. The van der Waals surface area contributed by atoms with Gasteiger partial charge in [0.1, 0.15) is 0 Å². The Morgan fingerprint density at radius 1 is 1.29 bits per heavy atom. The van der Waals surface area contributed by atoms with Gasteiger partial charge in [0, 0.05) is 10.6 Å². The van der Waals surface area contributed by atoms with E-state index in [0.717, 1.165) is 18.6 Å². The second kappa shape index (κ2) is 6.27. The number of benzene rings is 1. The molecule has 0 fully saturated rings. The fraction of sp³-hybridized carbons (Fsp3) is 0.467. The molecule has 2 heteroatoms. The molecule has 1 aromatic carbocycles. The van der Waals surface area contributed by atoms with Crippen molar-refractivity contribution in [3.8, 4) is 0 Å². The van der Waals surface area contributed by atoms with Crippen LogP contribution in [0.1, 0.15) is 26.2 Å². The van der Waals surface area contributed by atoms with Gasteiger partial charge in [0.05, 0.1) is 6.10 Å². The first-order valence-corrected chi connectivity index (χ1v) is 7.31.